The van der Waals surface area contributed by atoms with Crippen LogP contribution in [0.3, 0.4) is 0 Å². The summed E-state index contributed by atoms with van der Waals surface area (Å²) in [4.78, 5) is 3.80. The molecule has 6 heteroatoms. The molecule has 0 radical (unpaired) electrons. The van der Waals surface area contributed by atoms with Gasteiger partial charge in [0, 0.05) is 12.5 Å². The minimum absolute atomic E-state index is 0.0805. The number of alkyl halides is 3. The van der Waals surface area contributed by atoms with Crippen molar-refractivity contribution in [1.82, 2.24) is 4.98 Å². The Morgan fingerprint density at radius 3 is 2.67 bits per heavy atom. The molecule has 2 nitrogen and oxygen atoms in total. The molecule has 0 spiro atoms. The topological polar surface area (TPSA) is 24.9 Å². The molecule has 0 aromatic carbocycles. The Kier molecular flexibility index (Phi) is 4.85. The lowest BCUT2D eigenvalue weighted by Gasteiger charge is -2.16. The third-order valence-corrected chi connectivity index (χ3v) is 2.52. The first kappa shape index (κ1) is 14.7. The van der Waals surface area contributed by atoms with Crippen LogP contribution in [0.15, 0.2) is 12.1 Å². The van der Waals surface area contributed by atoms with Crippen LogP contribution in [-0.4, -0.2) is 11.0 Å². The zero-order valence-electron chi connectivity index (χ0n) is 9.68. The summed E-state index contributed by atoms with van der Waals surface area (Å²) in [5.41, 5.74) is -0.833. The highest BCUT2D eigenvalue weighted by molar-refractivity contribution is 6.29. The largest absolute Gasteiger partial charge is 0.416 e. The van der Waals surface area contributed by atoms with Crippen LogP contribution in [0.5, 0.6) is 0 Å². The second-order valence-electron chi connectivity index (χ2n) is 3.72. The molecule has 98 valence electrons. The number of hydrogen-bond donors (Lipinski definition) is 1. The van der Waals surface area contributed by atoms with Gasteiger partial charge in [-0.25, -0.2) is 4.98 Å². The lowest BCUT2D eigenvalue weighted by Crippen LogP contribution is -2.19. The van der Waals surface area contributed by atoms with E-state index in [-0.39, 0.29) is 17.0 Å². The maximum Gasteiger partial charge on any atom is 0.416 e. The van der Waals surface area contributed by atoms with Gasteiger partial charge in [0.25, 0.3) is 0 Å². The smallest absolute Gasteiger partial charge is 0.366 e. The molecule has 0 aliphatic carbocycles. The Labute approximate surface area is 109 Å². The fraction of sp³-hybridized carbons (Fsp3) is 0.417. The van der Waals surface area contributed by atoms with Gasteiger partial charge in [0.1, 0.15) is 11.0 Å². The first-order chi connectivity index (χ1) is 8.36. The Balaban J connectivity index is 2.97. The quantitative estimate of drug-likeness (QED) is 0.665. The molecule has 0 saturated carbocycles. The van der Waals surface area contributed by atoms with Crippen molar-refractivity contribution < 1.29 is 13.2 Å². The molecule has 1 atom stereocenters. The summed E-state index contributed by atoms with van der Waals surface area (Å²) in [5.74, 6) is 2.53. The minimum Gasteiger partial charge on any atom is -0.366 e. The number of pyridine rings is 1. The fourth-order valence-corrected chi connectivity index (χ4v) is 1.59. The normalized spacial score (nSPS) is 12.9. The summed E-state index contributed by atoms with van der Waals surface area (Å²) in [6.07, 6.45) is 1.81. The van der Waals surface area contributed by atoms with E-state index < -0.39 is 11.7 Å². The predicted molar refractivity (Wildman–Crippen MR) is 65.4 cm³/mol. The molecule has 0 aliphatic rings. The average molecular weight is 277 g/mol. The molecule has 0 saturated heterocycles. The van der Waals surface area contributed by atoms with Gasteiger partial charge in [0.2, 0.25) is 0 Å². The van der Waals surface area contributed by atoms with Gasteiger partial charge in [0.15, 0.2) is 0 Å². The van der Waals surface area contributed by atoms with Crippen molar-refractivity contribution in [2.75, 3.05) is 5.32 Å². The number of aromatic nitrogens is 1. The van der Waals surface area contributed by atoms with Crippen molar-refractivity contribution in [3.05, 3.63) is 22.8 Å². The number of halogens is 4. The first-order valence-corrected chi connectivity index (χ1v) is 5.69. The van der Waals surface area contributed by atoms with Gasteiger partial charge in [-0.2, -0.15) is 13.2 Å². The van der Waals surface area contributed by atoms with Crippen LogP contribution < -0.4 is 5.32 Å². The highest BCUT2D eigenvalue weighted by Gasteiger charge is 2.31. The summed E-state index contributed by atoms with van der Waals surface area (Å²) in [5, 5.41) is 2.64. The van der Waals surface area contributed by atoms with Crippen molar-refractivity contribution in [3.63, 3.8) is 0 Å². The van der Waals surface area contributed by atoms with Gasteiger partial charge in [-0.1, -0.05) is 18.5 Å². The molecule has 0 aliphatic heterocycles. The summed E-state index contributed by atoms with van der Waals surface area (Å²) in [7, 11) is 0. The molecule has 1 rings (SSSR count). The van der Waals surface area contributed by atoms with Crippen molar-refractivity contribution in [1.29, 1.82) is 0 Å². The van der Waals surface area contributed by atoms with Crippen molar-refractivity contribution in [2.24, 2.45) is 0 Å². The molecule has 1 unspecified atom stereocenters. The number of hydrogen-bond acceptors (Lipinski definition) is 2. The number of rotatable bonds is 4. The summed E-state index contributed by atoms with van der Waals surface area (Å²) in [6.45, 7) is 1.88. The van der Waals surface area contributed by atoms with E-state index >= 15 is 0 Å². The Bertz CT molecular complexity index is 452. The van der Waals surface area contributed by atoms with E-state index in [0.717, 1.165) is 12.1 Å². The van der Waals surface area contributed by atoms with E-state index in [1.54, 1.807) is 0 Å². The molecule has 1 heterocycles. The Morgan fingerprint density at radius 2 is 2.17 bits per heavy atom. The molecule has 1 aromatic heterocycles. The Hall–Kier alpha value is -1.41. The lowest BCUT2D eigenvalue weighted by atomic mass is 10.1. The van der Waals surface area contributed by atoms with E-state index in [2.05, 4.69) is 16.2 Å². The van der Waals surface area contributed by atoms with E-state index in [4.69, 9.17) is 18.0 Å². The van der Waals surface area contributed by atoms with Gasteiger partial charge in [-0.05, 0) is 18.6 Å². The zero-order chi connectivity index (χ0) is 13.8. The van der Waals surface area contributed by atoms with Crippen LogP contribution in [0.25, 0.3) is 0 Å². The second kappa shape index (κ2) is 5.96. The number of anilines is 1. The van der Waals surface area contributed by atoms with Gasteiger partial charge >= 0.3 is 6.18 Å². The molecule has 0 bridgehead atoms. The van der Waals surface area contributed by atoms with Gasteiger partial charge in [-0.3, -0.25) is 0 Å². The maximum atomic E-state index is 12.6. The molecule has 1 N–H and O–H groups in total. The molecule has 18 heavy (non-hydrogen) atoms. The highest BCUT2D eigenvalue weighted by atomic mass is 35.5. The van der Waals surface area contributed by atoms with E-state index in [1.807, 2.05) is 6.92 Å². The first-order valence-electron chi connectivity index (χ1n) is 5.31. The van der Waals surface area contributed by atoms with Gasteiger partial charge in [-0.15, -0.1) is 12.3 Å². The summed E-state index contributed by atoms with van der Waals surface area (Å²) in [6, 6.07) is 1.59. The standard InChI is InChI=1S/C12H12ClF3N2/c1-3-5-9(4-2)17-11-7-8(12(14,15)16)6-10(13)18-11/h1,6-7,9H,4-5H2,2H3,(H,17,18). The monoisotopic (exact) mass is 276 g/mol. The summed E-state index contributed by atoms with van der Waals surface area (Å²) >= 11 is 5.57. The maximum absolute atomic E-state index is 12.6. The minimum atomic E-state index is -4.45. The van der Waals surface area contributed by atoms with Crippen molar-refractivity contribution >= 4 is 17.4 Å². The second-order valence-corrected chi connectivity index (χ2v) is 4.11. The number of terminal acetylenes is 1. The molecule has 1 aromatic rings. The van der Waals surface area contributed by atoms with Crippen LogP contribution in [0.1, 0.15) is 25.3 Å². The van der Waals surface area contributed by atoms with Crippen molar-refractivity contribution in [2.45, 2.75) is 32.0 Å². The van der Waals surface area contributed by atoms with Crippen LogP contribution >= 0.6 is 11.6 Å². The number of nitrogens with zero attached hydrogens (tertiary/aromatic N) is 1. The third-order valence-electron chi connectivity index (χ3n) is 2.33. The average Bonchev–Trinajstić information content (AvgIpc) is 2.26. The predicted octanol–water partition coefficient (Wildman–Crippen LogP) is 3.97. The van der Waals surface area contributed by atoms with Gasteiger partial charge < -0.3 is 5.32 Å². The van der Waals surface area contributed by atoms with Crippen molar-refractivity contribution in [3.8, 4) is 12.3 Å². The summed E-state index contributed by atoms with van der Waals surface area (Å²) < 4.78 is 37.7. The van der Waals surface area contributed by atoms with E-state index in [9.17, 15) is 13.2 Å². The van der Waals surface area contributed by atoms with Crippen LogP contribution in [0.2, 0.25) is 5.15 Å². The molecule has 0 fully saturated rings. The van der Waals surface area contributed by atoms with E-state index in [1.165, 1.54) is 0 Å². The molecular formula is C12H12ClF3N2. The Morgan fingerprint density at radius 1 is 1.50 bits per heavy atom. The van der Waals surface area contributed by atoms with Crippen LogP contribution in [-0.2, 0) is 6.18 Å². The van der Waals surface area contributed by atoms with E-state index in [0.29, 0.717) is 12.8 Å². The SMILES string of the molecule is C#CCC(CC)Nc1cc(C(F)(F)F)cc(Cl)n1. The van der Waals surface area contributed by atoms with Gasteiger partial charge in [0.05, 0.1) is 5.56 Å². The fourth-order valence-electron chi connectivity index (χ4n) is 1.38. The highest BCUT2D eigenvalue weighted by Crippen LogP contribution is 2.32. The van der Waals surface area contributed by atoms with Crippen LogP contribution in [0.4, 0.5) is 19.0 Å². The zero-order valence-corrected chi connectivity index (χ0v) is 10.4. The third kappa shape index (κ3) is 4.11. The number of nitrogens with one attached hydrogen (secondary N) is 1. The lowest BCUT2D eigenvalue weighted by molar-refractivity contribution is -0.137. The molecular weight excluding hydrogens is 265 g/mol. The van der Waals surface area contributed by atoms with Crippen LogP contribution in [0, 0.1) is 12.3 Å². The molecule has 0 amide bonds.